The van der Waals surface area contributed by atoms with Crippen LogP contribution in [0.2, 0.25) is 15.1 Å². The zero-order valence-corrected chi connectivity index (χ0v) is 13.6. The van der Waals surface area contributed by atoms with Crippen LogP contribution in [0.25, 0.3) is 0 Å². The average molecular weight is 346 g/mol. The van der Waals surface area contributed by atoms with Gasteiger partial charge in [-0.3, -0.25) is 0 Å². The summed E-state index contributed by atoms with van der Waals surface area (Å²) >= 11 is 23.3. The summed E-state index contributed by atoms with van der Waals surface area (Å²) in [6.07, 6.45) is 0. The van der Waals surface area contributed by atoms with E-state index in [1.807, 2.05) is 42.3 Å². The Morgan fingerprint density at radius 1 is 1.00 bits per heavy atom. The lowest BCUT2D eigenvalue weighted by Gasteiger charge is -2.21. The van der Waals surface area contributed by atoms with Crippen molar-refractivity contribution in [2.45, 2.75) is 0 Å². The molecule has 1 N–H and O–H groups in total. The number of nitrogens with one attached hydrogen (secondary N) is 1. The van der Waals surface area contributed by atoms with Crippen LogP contribution in [0.4, 0.5) is 11.4 Å². The molecular formula is C14H11Cl3N2S. The smallest absolute Gasteiger partial charge is 0.177 e. The third-order valence-electron chi connectivity index (χ3n) is 2.70. The van der Waals surface area contributed by atoms with Gasteiger partial charge in [-0.1, -0.05) is 53.0 Å². The molecule has 0 aliphatic heterocycles. The summed E-state index contributed by atoms with van der Waals surface area (Å²) in [6, 6.07) is 13.0. The summed E-state index contributed by atoms with van der Waals surface area (Å²) in [7, 11) is 1.87. The molecule has 0 heterocycles. The Hall–Kier alpha value is -1.00. The summed E-state index contributed by atoms with van der Waals surface area (Å²) in [5, 5.41) is 4.86. The van der Waals surface area contributed by atoms with Crippen molar-refractivity contribution in [3.8, 4) is 0 Å². The first-order valence-electron chi connectivity index (χ1n) is 5.73. The van der Waals surface area contributed by atoms with Crippen molar-refractivity contribution in [2.75, 3.05) is 17.3 Å². The number of hydrogen-bond donors (Lipinski definition) is 1. The normalized spacial score (nSPS) is 10.2. The molecule has 0 spiro atoms. The highest BCUT2D eigenvalue weighted by atomic mass is 35.5. The third-order valence-corrected chi connectivity index (χ3v) is 4.11. The second-order valence-corrected chi connectivity index (χ2v) is 5.68. The molecule has 2 aromatic rings. The van der Waals surface area contributed by atoms with E-state index in [2.05, 4.69) is 5.32 Å². The maximum atomic E-state index is 6.11. The van der Waals surface area contributed by atoms with Gasteiger partial charge in [-0.2, -0.15) is 0 Å². The molecule has 0 aliphatic rings. The molecular weight excluding hydrogens is 335 g/mol. The van der Waals surface area contributed by atoms with E-state index in [1.54, 1.807) is 12.1 Å². The fourth-order valence-corrected chi connectivity index (χ4v) is 2.40. The summed E-state index contributed by atoms with van der Waals surface area (Å²) in [6.45, 7) is 0. The van der Waals surface area contributed by atoms with Crippen LogP contribution in [0, 0.1) is 0 Å². The standard InChI is InChI=1S/C14H11Cl3N2S/c1-19(9-5-3-2-4-6-9)14(20)18-13-8-11(16)10(15)7-12(13)17/h2-8H,1H3,(H,18,20). The van der Waals surface area contributed by atoms with E-state index in [-0.39, 0.29) is 0 Å². The molecule has 2 aromatic carbocycles. The molecule has 0 fully saturated rings. The largest absolute Gasteiger partial charge is 0.331 e. The molecule has 0 amide bonds. The minimum atomic E-state index is 0.407. The van der Waals surface area contributed by atoms with E-state index in [0.717, 1.165) is 5.69 Å². The maximum Gasteiger partial charge on any atom is 0.177 e. The molecule has 2 nitrogen and oxygen atoms in total. The van der Waals surface area contributed by atoms with Crippen LogP contribution in [0.5, 0.6) is 0 Å². The fourth-order valence-electron chi connectivity index (χ4n) is 1.59. The topological polar surface area (TPSA) is 15.3 Å². The molecule has 0 saturated carbocycles. The van der Waals surface area contributed by atoms with E-state index in [1.165, 1.54) is 0 Å². The van der Waals surface area contributed by atoms with E-state index in [9.17, 15) is 0 Å². The maximum absolute atomic E-state index is 6.11. The van der Waals surface area contributed by atoms with Crippen LogP contribution in [0.3, 0.4) is 0 Å². The lowest BCUT2D eigenvalue weighted by molar-refractivity contribution is 1.28. The molecule has 0 aromatic heterocycles. The van der Waals surface area contributed by atoms with Gasteiger partial charge < -0.3 is 10.2 Å². The molecule has 104 valence electrons. The van der Waals surface area contributed by atoms with Gasteiger partial charge in [-0.05, 0) is 36.5 Å². The van der Waals surface area contributed by atoms with Crippen LogP contribution < -0.4 is 10.2 Å². The Morgan fingerprint density at radius 3 is 2.25 bits per heavy atom. The first-order chi connectivity index (χ1) is 9.49. The van der Waals surface area contributed by atoms with Gasteiger partial charge in [0.2, 0.25) is 0 Å². The van der Waals surface area contributed by atoms with E-state index in [4.69, 9.17) is 47.0 Å². The van der Waals surface area contributed by atoms with Gasteiger partial charge in [0.1, 0.15) is 0 Å². The summed E-state index contributed by atoms with van der Waals surface area (Å²) < 4.78 is 0. The van der Waals surface area contributed by atoms with E-state index >= 15 is 0 Å². The highest BCUT2D eigenvalue weighted by Crippen LogP contribution is 2.32. The van der Waals surface area contributed by atoms with Gasteiger partial charge >= 0.3 is 0 Å². The lowest BCUT2D eigenvalue weighted by Crippen LogP contribution is -2.30. The Balaban J connectivity index is 2.18. The van der Waals surface area contributed by atoms with Gasteiger partial charge in [-0.25, -0.2) is 0 Å². The third kappa shape index (κ3) is 3.55. The quantitative estimate of drug-likeness (QED) is 0.573. The monoisotopic (exact) mass is 344 g/mol. The average Bonchev–Trinajstić information content (AvgIpc) is 2.44. The zero-order valence-electron chi connectivity index (χ0n) is 10.5. The zero-order chi connectivity index (χ0) is 14.7. The lowest BCUT2D eigenvalue weighted by atomic mass is 10.3. The van der Waals surface area contributed by atoms with E-state index < -0.39 is 0 Å². The molecule has 0 bridgehead atoms. The van der Waals surface area contributed by atoms with Crippen molar-refractivity contribution >= 4 is 63.5 Å². The van der Waals surface area contributed by atoms with Crippen LogP contribution in [-0.4, -0.2) is 12.2 Å². The second-order valence-electron chi connectivity index (χ2n) is 4.07. The molecule has 0 saturated heterocycles. The Labute approximate surface area is 138 Å². The minimum Gasteiger partial charge on any atom is -0.331 e. The van der Waals surface area contributed by atoms with E-state index in [0.29, 0.717) is 25.9 Å². The highest BCUT2D eigenvalue weighted by Gasteiger charge is 2.11. The molecule has 0 aliphatic carbocycles. The van der Waals surface area contributed by atoms with Crippen molar-refractivity contribution in [3.63, 3.8) is 0 Å². The number of thiocarbonyl (C=S) groups is 1. The first-order valence-corrected chi connectivity index (χ1v) is 7.27. The number of rotatable bonds is 2. The van der Waals surface area contributed by atoms with Crippen molar-refractivity contribution in [2.24, 2.45) is 0 Å². The predicted molar refractivity (Wildman–Crippen MR) is 92.5 cm³/mol. The Kier molecular flexibility index (Phi) is 5.11. The van der Waals surface area contributed by atoms with Crippen molar-refractivity contribution in [3.05, 3.63) is 57.5 Å². The Bertz CT molecular complexity index is 632. The summed E-state index contributed by atoms with van der Waals surface area (Å²) in [4.78, 5) is 1.84. The first kappa shape index (κ1) is 15.4. The number of halogens is 3. The van der Waals surface area contributed by atoms with Crippen molar-refractivity contribution in [1.82, 2.24) is 0 Å². The summed E-state index contributed by atoms with van der Waals surface area (Å²) in [5.74, 6) is 0. The van der Waals surface area contributed by atoms with Crippen molar-refractivity contribution in [1.29, 1.82) is 0 Å². The van der Waals surface area contributed by atoms with Gasteiger partial charge in [0.05, 0.1) is 20.8 Å². The van der Waals surface area contributed by atoms with Gasteiger partial charge in [0.25, 0.3) is 0 Å². The van der Waals surface area contributed by atoms with Gasteiger partial charge in [0, 0.05) is 12.7 Å². The number of anilines is 2. The van der Waals surface area contributed by atoms with Gasteiger partial charge in [0.15, 0.2) is 5.11 Å². The molecule has 6 heteroatoms. The molecule has 0 atom stereocenters. The SMILES string of the molecule is CN(C(=S)Nc1cc(Cl)c(Cl)cc1Cl)c1ccccc1. The minimum absolute atomic E-state index is 0.407. The molecule has 2 rings (SSSR count). The Morgan fingerprint density at radius 2 is 1.60 bits per heavy atom. The van der Waals surface area contributed by atoms with Crippen LogP contribution >= 0.6 is 47.0 Å². The van der Waals surface area contributed by atoms with Gasteiger partial charge in [-0.15, -0.1) is 0 Å². The van der Waals surface area contributed by atoms with Crippen molar-refractivity contribution < 1.29 is 0 Å². The summed E-state index contributed by atoms with van der Waals surface area (Å²) in [5.41, 5.74) is 1.59. The number of nitrogens with zero attached hydrogens (tertiary/aromatic N) is 1. The number of para-hydroxylation sites is 1. The van der Waals surface area contributed by atoms with Crippen LogP contribution in [0.15, 0.2) is 42.5 Å². The molecule has 20 heavy (non-hydrogen) atoms. The predicted octanol–water partition coefficient (Wildman–Crippen LogP) is 5.48. The second kappa shape index (κ2) is 6.64. The molecule has 0 unspecified atom stereocenters. The van der Waals surface area contributed by atoms with Crippen LogP contribution in [-0.2, 0) is 0 Å². The highest BCUT2D eigenvalue weighted by molar-refractivity contribution is 7.80. The number of hydrogen-bond acceptors (Lipinski definition) is 1. The number of benzene rings is 2. The molecule has 0 radical (unpaired) electrons. The van der Waals surface area contributed by atoms with Crippen LogP contribution in [0.1, 0.15) is 0 Å². The fraction of sp³-hybridized carbons (Fsp3) is 0.0714.